The zero-order valence-corrected chi connectivity index (χ0v) is 10.8. The standard InChI is InChI=1S/C11H16N2O3S/c1-7(11(14)15-2)5-17-6-9-12-13-10(16-9)8-3-4-8/h7-8H,3-6H2,1-2H3. The topological polar surface area (TPSA) is 65.2 Å². The maximum atomic E-state index is 11.2. The molecule has 0 amide bonds. The second-order valence-corrected chi connectivity index (χ2v) is 5.28. The number of methoxy groups -OCH3 is 1. The first-order valence-electron chi connectivity index (χ1n) is 5.68. The van der Waals surface area contributed by atoms with Crippen LogP contribution >= 0.6 is 11.8 Å². The van der Waals surface area contributed by atoms with Gasteiger partial charge in [-0.15, -0.1) is 10.2 Å². The van der Waals surface area contributed by atoms with Gasteiger partial charge in [-0.2, -0.15) is 11.8 Å². The fraction of sp³-hybridized carbons (Fsp3) is 0.727. The van der Waals surface area contributed by atoms with Gasteiger partial charge in [-0.1, -0.05) is 6.92 Å². The van der Waals surface area contributed by atoms with Crippen molar-refractivity contribution in [2.45, 2.75) is 31.4 Å². The molecule has 1 unspecified atom stereocenters. The second-order valence-electron chi connectivity index (χ2n) is 4.25. The van der Waals surface area contributed by atoms with Gasteiger partial charge in [-0.05, 0) is 12.8 Å². The van der Waals surface area contributed by atoms with E-state index in [1.807, 2.05) is 6.92 Å². The molecule has 0 saturated heterocycles. The first kappa shape index (κ1) is 12.4. The number of hydrogen-bond donors (Lipinski definition) is 0. The Morgan fingerprint density at radius 3 is 3.00 bits per heavy atom. The fourth-order valence-corrected chi connectivity index (χ4v) is 2.31. The summed E-state index contributed by atoms with van der Waals surface area (Å²) in [5.41, 5.74) is 0. The summed E-state index contributed by atoms with van der Waals surface area (Å²) in [5.74, 6) is 2.98. The van der Waals surface area contributed by atoms with Crippen molar-refractivity contribution in [3.63, 3.8) is 0 Å². The number of carbonyl (C=O) groups is 1. The Kier molecular flexibility index (Phi) is 4.04. The molecule has 0 aromatic carbocycles. The predicted molar refractivity (Wildman–Crippen MR) is 63.6 cm³/mol. The van der Waals surface area contributed by atoms with Gasteiger partial charge in [0.05, 0.1) is 18.8 Å². The number of thioether (sulfide) groups is 1. The van der Waals surface area contributed by atoms with E-state index in [2.05, 4.69) is 14.9 Å². The third-order valence-electron chi connectivity index (χ3n) is 2.61. The Bertz CT molecular complexity index is 390. The molecule has 94 valence electrons. The molecule has 1 aromatic heterocycles. The fourth-order valence-electron chi connectivity index (χ4n) is 1.41. The van der Waals surface area contributed by atoms with Gasteiger partial charge in [-0.3, -0.25) is 4.79 Å². The molecule has 1 atom stereocenters. The highest BCUT2D eigenvalue weighted by atomic mass is 32.2. The molecule has 1 heterocycles. The van der Waals surface area contributed by atoms with Crippen molar-refractivity contribution in [2.75, 3.05) is 12.9 Å². The molecule has 1 aliphatic carbocycles. The van der Waals surface area contributed by atoms with Crippen LogP contribution in [0.5, 0.6) is 0 Å². The van der Waals surface area contributed by atoms with Crippen molar-refractivity contribution in [2.24, 2.45) is 5.92 Å². The van der Waals surface area contributed by atoms with Crippen LogP contribution in [0.1, 0.15) is 37.5 Å². The van der Waals surface area contributed by atoms with Crippen LogP contribution in [0.3, 0.4) is 0 Å². The first-order chi connectivity index (χ1) is 8.20. The summed E-state index contributed by atoms with van der Waals surface area (Å²) >= 11 is 1.61. The zero-order chi connectivity index (χ0) is 12.3. The van der Waals surface area contributed by atoms with Crippen molar-refractivity contribution in [1.29, 1.82) is 0 Å². The predicted octanol–water partition coefficient (Wildman–Crippen LogP) is 1.99. The minimum absolute atomic E-state index is 0.101. The van der Waals surface area contributed by atoms with Crippen LogP contribution in [0, 0.1) is 5.92 Å². The first-order valence-corrected chi connectivity index (χ1v) is 6.84. The van der Waals surface area contributed by atoms with Crippen molar-refractivity contribution < 1.29 is 13.9 Å². The molecule has 1 aromatic rings. The van der Waals surface area contributed by atoms with Crippen molar-refractivity contribution in [3.05, 3.63) is 11.8 Å². The molecule has 0 spiro atoms. The van der Waals surface area contributed by atoms with Crippen LogP contribution in [0.15, 0.2) is 4.42 Å². The lowest BCUT2D eigenvalue weighted by Crippen LogP contribution is -2.14. The monoisotopic (exact) mass is 256 g/mol. The number of hydrogen-bond acceptors (Lipinski definition) is 6. The SMILES string of the molecule is COC(=O)C(C)CSCc1nnc(C2CC2)o1. The number of carbonyl (C=O) groups excluding carboxylic acids is 1. The summed E-state index contributed by atoms with van der Waals surface area (Å²) in [7, 11) is 1.41. The summed E-state index contributed by atoms with van der Waals surface area (Å²) in [5, 5.41) is 7.99. The summed E-state index contributed by atoms with van der Waals surface area (Å²) in [6, 6.07) is 0. The average molecular weight is 256 g/mol. The highest BCUT2D eigenvalue weighted by Crippen LogP contribution is 2.39. The third-order valence-corrected chi connectivity index (χ3v) is 3.79. The van der Waals surface area contributed by atoms with Crippen LogP contribution in [-0.4, -0.2) is 29.0 Å². The molecule has 5 nitrogen and oxygen atoms in total. The maximum absolute atomic E-state index is 11.2. The molecule has 0 N–H and O–H groups in total. The molecule has 17 heavy (non-hydrogen) atoms. The number of rotatable bonds is 6. The van der Waals surface area contributed by atoms with Crippen LogP contribution < -0.4 is 0 Å². The summed E-state index contributed by atoms with van der Waals surface area (Å²) in [6.07, 6.45) is 2.32. The van der Waals surface area contributed by atoms with Gasteiger partial charge in [0.25, 0.3) is 0 Å². The zero-order valence-electron chi connectivity index (χ0n) is 10.0. The van der Waals surface area contributed by atoms with Gasteiger partial charge in [0.15, 0.2) is 0 Å². The lowest BCUT2D eigenvalue weighted by atomic mass is 10.2. The van der Waals surface area contributed by atoms with E-state index >= 15 is 0 Å². The molecule has 1 saturated carbocycles. The van der Waals surface area contributed by atoms with E-state index in [1.54, 1.807) is 11.8 Å². The third kappa shape index (κ3) is 3.46. The van der Waals surface area contributed by atoms with Gasteiger partial charge in [0, 0.05) is 11.7 Å². The summed E-state index contributed by atoms with van der Waals surface area (Å²) < 4.78 is 10.2. The van der Waals surface area contributed by atoms with E-state index in [-0.39, 0.29) is 11.9 Å². The average Bonchev–Trinajstić information content (AvgIpc) is 3.08. The van der Waals surface area contributed by atoms with E-state index in [0.717, 1.165) is 18.7 Å². The van der Waals surface area contributed by atoms with Crippen LogP contribution in [0.25, 0.3) is 0 Å². The van der Waals surface area contributed by atoms with Gasteiger partial charge in [-0.25, -0.2) is 0 Å². The second kappa shape index (κ2) is 5.53. The molecule has 0 bridgehead atoms. The highest BCUT2D eigenvalue weighted by Gasteiger charge is 2.29. The molecule has 6 heteroatoms. The number of aromatic nitrogens is 2. The Labute approximate surface area is 104 Å². The van der Waals surface area contributed by atoms with Gasteiger partial charge in [0.2, 0.25) is 11.8 Å². The molecule has 2 rings (SSSR count). The molecular weight excluding hydrogens is 240 g/mol. The quantitative estimate of drug-likeness (QED) is 0.725. The van der Waals surface area contributed by atoms with Crippen LogP contribution in [0.4, 0.5) is 0 Å². The Morgan fingerprint density at radius 2 is 2.35 bits per heavy atom. The normalized spacial score (nSPS) is 16.8. The van der Waals surface area contributed by atoms with E-state index in [1.165, 1.54) is 7.11 Å². The smallest absolute Gasteiger partial charge is 0.309 e. The van der Waals surface area contributed by atoms with Gasteiger partial charge >= 0.3 is 5.97 Å². The van der Waals surface area contributed by atoms with E-state index in [4.69, 9.17) is 4.42 Å². The molecular formula is C11H16N2O3S. The van der Waals surface area contributed by atoms with Crippen LogP contribution in [-0.2, 0) is 15.3 Å². The number of ether oxygens (including phenoxy) is 1. The van der Waals surface area contributed by atoms with Gasteiger partial charge < -0.3 is 9.15 Å². The van der Waals surface area contributed by atoms with Crippen molar-refractivity contribution in [1.82, 2.24) is 10.2 Å². The Hall–Kier alpha value is -1.04. The number of esters is 1. The molecule has 1 aliphatic rings. The minimum Gasteiger partial charge on any atom is -0.469 e. The largest absolute Gasteiger partial charge is 0.469 e. The van der Waals surface area contributed by atoms with Crippen LogP contribution in [0.2, 0.25) is 0 Å². The number of nitrogens with zero attached hydrogens (tertiary/aromatic N) is 2. The highest BCUT2D eigenvalue weighted by molar-refractivity contribution is 7.98. The Morgan fingerprint density at radius 1 is 1.59 bits per heavy atom. The molecule has 0 aliphatic heterocycles. The maximum Gasteiger partial charge on any atom is 0.309 e. The summed E-state index contributed by atoms with van der Waals surface area (Å²) in [6.45, 7) is 1.85. The van der Waals surface area contributed by atoms with Crippen molar-refractivity contribution in [3.8, 4) is 0 Å². The van der Waals surface area contributed by atoms with Gasteiger partial charge in [0.1, 0.15) is 0 Å². The lowest BCUT2D eigenvalue weighted by Gasteiger charge is -2.06. The minimum atomic E-state index is -0.179. The van der Waals surface area contributed by atoms with Crippen molar-refractivity contribution >= 4 is 17.7 Å². The van der Waals surface area contributed by atoms with E-state index in [0.29, 0.717) is 23.3 Å². The summed E-state index contributed by atoms with van der Waals surface area (Å²) in [4.78, 5) is 11.2. The molecule has 1 fully saturated rings. The molecule has 0 radical (unpaired) electrons. The van der Waals surface area contributed by atoms with E-state index < -0.39 is 0 Å². The van der Waals surface area contributed by atoms with E-state index in [9.17, 15) is 4.79 Å². The Balaban J connectivity index is 1.72. The lowest BCUT2D eigenvalue weighted by molar-refractivity contribution is -0.143.